The normalized spacial score (nSPS) is 12.6. The maximum Gasteiger partial charge on any atom is 0.214 e. The zero-order chi connectivity index (χ0) is 12.8. The molecule has 0 amide bonds. The second-order valence-corrected chi connectivity index (χ2v) is 5.10. The van der Waals surface area contributed by atoms with Crippen molar-refractivity contribution in [3.63, 3.8) is 0 Å². The highest BCUT2D eigenvalue weighted by molar-refractivity contribution is 7.99. The number of hydrogen-bond donors (Lipinski definition) is 1. The number of nitrogens with zero attached hydrogens (tertiary/aromatic N) is 4. The summed E-state index contributed by atoms with van der Waals surface area (Å²) in [6.45, 7) is 2.17. The number of nitrogens with one attached hydrogen (secondary N) is 1. The molecular weight excluding hydrogens is 246 g/mol. The Hall–Kier alpha value is -1.40. The fraction of sp³-hybridized carbons (Fsp3) is 0.417. The van der Waals surface area contributed by atoms with Crippen molar-refractivity contribution in [3.8, 4) is 5.69 Å². The van der Waals surface area contributed by atoms with Gasteiger partial charge in [0.05, 0.1) is 5.69 Å². The van der Waals surface area contributed by atoms with Gasteiger partial charge in [0.25, 0.3) is 0 Å². The number of aromatic nitrogens is 4. The van der Waals surface area contributed by atoms with Gasteiger partial charge in [-0.3, -0.25) is 0 Å². The fourth-order valence-corrected chi connectivity index (χ4v) is 2.48. The second kappa shape index (κ2) is 6.51. The standard InChI is InChI=1S/C12H17N5S/c1-10(13-2)8-9-18-12-14-15-16-17(12)11-6-4-3-5-7-11/h3-7,10,13H,8-9H2,1-2H3. The van der Waals surface area contributed by atoms with E-state index < -0.39 is 0 Å². The lowest BCUT2D eigenvalue weighted by Gasteiger charge is -2.08. The highest BCUT2D eigenvalue weighted by Gasteiger charge is 2.08. The Morgan fingerprint density at radius 3 is 2.83 bits per heavy atom. The Balaban J connectivity index is 2.00. The molecule has 96 valence electrons. The molecule has 0 saturated heterocycles. The summed E-state index contributed by atoms with van der Waals surface area (Å²) in [5.74, 6) is 0.995. The molecule has 0 saturated carbocycles. The van der Waals surface area contributed by atoms with Gasteiger partial charge >= 0.3 is 0 Å². The molecule has 0 aliphatic rings. The van der Waals surface area contributed by atoms with E-state index in [1.54, 1.807) is 16.4 Å². The zero-order valence-corrected chi connectivity index (χ0v) is 11.4. The van der Waals surface area contributed by atoms with Crippen molar-refractivity contribution in [2.75, 3.05) is 12.8 Å². The van der Waals surface area contributed by atoms with Crippen LogP contribution in [-0.2, 0) is 0 Å². The largest absolute Gasteiger partial charge is 0.317 e. The first kappa shape index (κ1) is 13.0. The molecule has 0 aliphatic carbocycles. The third kappa shape index (κ3) is 3.30. The molecule has 1 aromatic carbocycles. The lowest BCUT2D eigenvalue weighted by molar-refractivity contribution is 0.597. The van der Waals surface area contributed by atoms with Crippen LogP contribution < -0.4 is 5.32 Å². The van der Waals surface area contributed by atoms with E-state index in [2.05, 4.69) is 27.8 Å². The average Bonchev–Trinajstić information content (AvgIpc) is 2.88. The molecule has 0 bridgehead atoms. The van der Waals surface area contributed by atoms with Crippen LogP contribution in [0.1, 0.15) is 13.3 Å². The van der Waals surface area contributed by atoms with Crippen molar-refractivity contribution in [3.05, 3.63) is 30.3 Å². The van der Waals surface area contributed by atoms with Crippen LogP contribution in [0.25, 0.3) is 5.69 Å². The topological polar surface area (TPSA) is 55.6 Å². The van der Waals surface area contributed by atoms with Crippen molar-refractivity contribution in [1.82, 2.24) is 25.5 Å². The van der Waals surface area contributed by atoms with Crippen LogP contribution in [-0.4, -0.2) is 39.0 Å². The monoisotopic (exact) mass is 263 g/mol. The molecule has 5 nitrogen and oxygen atoms in total. The molecular formula is C12H17N5S. The van der Waals surface area contributed by atoms with Crippen LogP contribution >= 0.6 is 11.8 Å². The van der Waals surface area contributed by atoms with Gasteiger partial charge in [0.15, 0.2) is 0 Å². The van der Waals surface area contributed by atoms with Crippen LogP contribution in [0.3, 0.4) is 0 Å². The predicted molar refractivity (Wildman–Crippen MR) is 73.0 cm³/mol. The Labute approximate surface area is 111 Å². The molecule has 0 spiro atoms. The van der Waals surface area contributed by atoms with Gasteiger partial charge in [0.2, 0.25) is 5.16 Å². The third-order valence-electron chi connectivity index (χ3n) is 2.72. The Kier molecular flexibility index (Phi) is 4.72. The van der Waals surface area contributed by atoms with Gasteiger partial charge in [0, 0.05) is 11.8 Å². The quantitative estimate of drug-likeness (QED) is 0.805. The maximum atomic E-state index is 4.06. The van der Waals surface area contributed by atoms with Crippen LogP contribution in [0.2, 0.25) is 0 Å². The van der Waals surface area contributed by atoms with E-state index in [0.29, 0.717) is 6.04 Å². The van der Waals surface area contributed by atoms with E-state index in [1.165, 1.54) is 0 Å². The summed E-state index contributed by atoms with van der Waals surface area (Å²) in [7, 11) is 1.98. The van der Waals surface area contributed by atoms with E-state index in [9.17, 15) is 0 Å². The van der Waals surface area contributed by atoms with Crippen LogP contribution in [0.4, 0.5) is 0 Å². The number of thioether (sulfide) groups is 1. The molecule has 6 heteroatoms. The number of hydrogen-bond acceptors (Lipinski definition) is 5. The number of rotatable bonds is 6. The zero-order valence-electron chi connectivity index (χ0n) is 10.6. The number of para-hydroxylation sites is 1. The number of benzene rings is 1. The SMILES string of the molecule is CNC(C)CCSc1nnnn1-c1ccccc1. The third-order valence-corrected chi connectivity index (χ3v) is 3.67. The van der Waals surface area contributed by atoms with Crippen molar-refractivity contribution in [2.24, 2.45) is 0 Å². The van der Waals surface area contributed by atoms with Gasteiger partial charge in [-0.2, -0.15) is 4.68 Å². The molecule has 2 aromatic rings. The molecule has 1 aromatic heterocycles. The summed E-state index contributed by atoms with van der Waals surface area (Å²) in [4.78, 5) is 0. The first-order valence-electron chi connectivity index (χ1n) is 5.95. The van der Waals surface area contributed by atoms with Crippen molar-refractivity contribution >= 4 is 11.8 Å². The lowest BCUT2D eigenvalue weighted by Crippen LogP contribution is -2.21. The summed E-state index contributed by atoms with van der Waals surface area (Å²) in [6.07, 6.45) is 1.09. The Morgan fingerprint density at radius 2 is 2.11 bits per heavy atom. The van der Waals surface area contributed by atoms with Gasteiger partial charge in [-0.05, 0) is 43.0 Å². The van der Waals surface area contributed by atoms with Crippen LogP contribution in [0.5, 0.6) is 0 Å². The van der Waals surface area contributed by atoms with E-state index in [4.69, 9.17) is 0 Å². The first-order valence-corrected chi connectivity index (χ1v) is 6.93. The highest BCUT2D eigenvalue weighted by atomic mass is 32.2. The predicted octanol–water partition coefficient (Wildman–Crippen LogP) is 1.75. The van der Waals surface area contributed by atoms with E-state index in [-0.39, 0.29) is 0 Å². The summed E-state index contributed by atoms with van der Waals surface area (Å²) < 4.78 is 1.77. The molecule has 1 unspecified atom stereocenters. The van der Waals surface area contributed by atoms with Gasteiger partial charge < -0.3 is 5.32 Å². The van der Waals surface area contributed by atoms with Gasteiger partial charge in [-0.25, -0.2) is 0 Å². The van der Waals surface area contributed by atoms with E-state index >= 15 is 0 Å². The molecule has 0 fully saturated rings. The summed E-state index contributed by atoms with van der Waals surface area (Å²) in [6, 6.07) is 10.4. The number of tetrazole rings is 1. The smallest absolute Gasteiger partial charge is 0.214 e. The fourth-order valence-electron chi connectivity index (χ4n) is 1.47. The van der Waals surface area contributed by atoms with Crippen LogP contribution in [0.15, 0.2) is 35.5 Å². The summed E-state index contributed by atoms with van der Waals surface area (Å²) >= 11 is 1.68. The Bertz CT molecular complexity index is 470. The van der Waals surface area contributed by atoms with Gasteiger partial charge in [-0.15, -0.1) is 5.10 Å². The van der Waals surface area contributed by atoms with Crippen molar-refractivity contribution in [2.45, 2.75) is 24.5 Å². The maximum absolute atomic E-state index is 4.06. The highest BCUT2D eigenvalue weighted by Crippen LogP contribution is 2.18. The van der Waals surface area contributed by atoms with Gasteiger partial charge in [0.1, 0.15) is 0 Å². The average molecular weight is 263 g/mol. The molecule has 1 heterocycles. The minimum Gasteiger partial charge on any atom is -0.317 e. The summed E-state index contributed by atoms with van der Waals surface area (Å²) in [5, 5.41) is 15.9. The van der Waals surface area contributed by atoms with Crippen LogP contribution in [0, 0.1) is 0 Å². The molecule has 1 N–H and O–H groups in total. The van der Waals surface area contributed by atoms with E-state index in [1.807, 2.05) is 37.4 Å². The second-order valence-electron chi connectivity index (χ2n) is 4.04. The molecule has 0 radical (unpaired) electrons. The molecule has 18 heavy (non-hydrogen) atoms. The molecule has 1 atom stereocenters. The minimum atomic E-state index is 0.513. The minimum absolute atomic E-state index is 0.513. The lowest BCUT2D eigenvalue weighted by atomic mass is 10.3. The van der Waals surface area contributed by atoms with Crippen molar-refractivity contribution < 1.29 is 0 Å². The first-order chi connectivity index (χ1) is 8.81. The Morgan fingerprint density at radius 1 is 1.33 bits per heavy atom. The van der Waals surface area contributed by atoms with Gasteiger partial charge in [-0.1, -0.05) is 30.0 Å². The van der Waals surface area contributed by atoms with E-state index in [0.717, 1.165) is 23.0 Å². The molecule has 2 rings (SSSR count). The van der Waals surface area contributed by atoms with Crippen molar-refractivity contribution in [1.29, 1.82) is 0 Å². The summed E-state index contributed by atoms with van der Waals surface area (Å²) in [5.41, 5.74) is 0.992. The molecule has 0 aliphatic heterocycles.